The maximum atomic E-state index is 12.1. The number of carbonyl (C=O) groups excluding carboxylic acids is 1. The predicted octanol–water partition coefficient (Wildman–Crippen LogP) is 1.97. The number of hydrogen-bond donors (Lipinski definition) is 0. The number of carbonyl (C=O) groups is 1. The minimum Gasteiger partial charge on any atom is -0.465 e. The molecule has 1 aromatic carbocycles. The Labute approximate surface area is 123 Å². The van der Waals surface area contributed by atoms with Crippen LogP contribution in [0.3, 0.4) is 0 Å². The third-order valence-electron chi connectivity index (χ3n) is 3.55. The zero-order chi connectivity index (χ0) is 14.7. The first-order valence-corrected chi connectivity index (χ1v) is 7.03. The van der Waals surface area contributed by atoms with Gasteiger partial charge in [-0.05, 0) is 12.5 Å². The van der Waals surface area contributed by atoms with Crippen LogP contribution in [-0.4, -0.2) is 33.5 Å². The first-order valence-electron chi connectivity index (χ1n) is 7.03. The van der Waals surface area contributed by atoms with Gasteiger partial charge in [0.15, 0.2) is 0 Å². The topological polar surface area (TPSA) is 55.1 Å². The van der Waals surface area contributed by atoms with E-state index >= 15 is 0 Å². The Hall–Kier alpha value is -2.27. The minimum absolute atomic E-state index is 0.0436. The van der Waals surface area contributed by atoms with Gasteiger partial charge < -0.3 is 4.74 Å². The van der Waals surface area contributed by atoms with E-state index in [2.05, 4.69) is 14.9 Å². The van der Waals surface area contributed by atoms with Gasteiger partial charge in [-0.3, -0.25) is 19.7 Å². The van der Waals surface area contributed by atoms with Crippen LogP contribution in [0, 0.1) is 0 Å². The average Bonchev–Trinajstić information content (AvgIpc) is 3.23. The van der Waals surface area contributed by atoms with Gasteiger partial charge in [0, 0.05) is 18.9 Å². The van der Waals surface area contributed by atoms with Crippen LogP contribution in [-0.2, 0) is 16.1 Å². The highest BCUT2D eigenvalue weighted by molar-refractivity contribution is 5.80. The molecule has 5 heteroatoms. The summed E-state index contributed by atoms with van der Waals surface area (Å²) in [6, 6.07) is 9.77. The van der Waals surface area contributed by atoms with Gasteiger partial charge in [-0.2, -0.15) is 0 Å². The Bertz CT molecular complexity index is 603. The van der Waals surface area contributed by atoms with Gasteiger partial charge in [0.2, 0.25) is 0 Å². The van der Waals surface area contributed by atoms with Gasteiger partial charge in [0.05, 0.1) is 24.5 Å². The fourth-order valence-electron chi connectivity index (χ4n) is 2.55. The van der Waals surface area contributed by atoms with Crippen LogP contribution in [0.5, 0.6) is 0 Å². The summed E-state index contributed by atoms with van der Waals surface area (Å²) >= 11 is 0. The first-order chi connectivity index (χ1) is 10.3. The van der Waals surface area contributed by atoms with Gasteiger partial charge >= 0.3 is 5.97 Å². The molecule has 0 saturated carbocycles. The summed E-state index contributed by atoms with van der Waals surface area (Å²) in [4.78, 5) is 22.6. The first kappa shape index (κ1) is 13.7. The van der Waals surface area contributed by atoms with Gasteiger partial charge in [-0.15, -0.1) is 0 Å². The van der Waals surface area contributed by atoms with Crippen molar-refractivity contribution in [3.8, 4) is 0 Å². The van der Waals surface area contributed by atoms with Crippen molar-refractivity contribution in [1.29, 1.82) is 0 Å². The van der Waals surface area contributed by atoms with Crippen LogP contribution in [0.2, 0.25) is 0 Å². The van der Waals surface area contributed by atoms with Gasteiger partial charge in [-0.1, -0.05) is 30.3 Å². The summed E-state index contributed by atoms with van der Waals surface area (Å²) in [5, 5.41) is 0. The number of aromatic nitrogens is 2. The van der Waals surface area contributed by atoms with Gasteiger partial charge in [0.25, 0.3) is 0 Å². The molecule has 3 unspecified atom stereocenters. The van der Waals surface area contributed by atoms with Crippen LogP contribution in [0.25, 0.3) is 0 Å². The number of hydrogen-bond acceptors (Lipinski definition) is 5. The molecular weight excluding hydrogens is 266 g/mol. The summed E-state index contributed by atoms with van der Waals surface area (Å²) in [6.07, 6.45) is 4.99. The Balaban J connectivity index is 1.78. The van der Waals surface area contributed by atoms with Crippen LogP contribution in [0.4, 0.5) is 0 Å². The lowest BCUT2D eigenvalue weighted by Gasteiger charge is -2.04. The molecule has 5 nitrogen and oxygen atoms in total. The molecule has 2 heterocycles. The van der Waals surface area contributed by atoms with E-state index in [9.17, 15) is 4.79 Å². The van der Waals surface area contributed by atoms with Crippen molar-refractivity contribution in [2.45, 2.75) is 25.6 Å². The molecule has 0 bridgehead atoms. The fraction of sp³-hybridized carbons (Fsp3) is 0.312. The molecule has 1 fully saturated rings. The maximum Gasteiger partial charge on any atom is 0.325 e. The number of ether oxygens (including phenoxy) is 1. The van der Waals surface area contributed by atoms with Gasteiger partial charge in [0.1, 0.15) is 6.04 Å². The number of esters is 1. The van der Waals surface area contributed by atoms with Crippen molar-refractivity contribution in [1.82, 2.24) is 14.9 Å². The van der Waals surface area contributed by atoms with E-state index < -0.39 is 0 Å². The van der Waals surface area contributed by atoms with Crippen molar-refractivity contribution in [3.63, 3.8) is 0 Å². The molecule has 0 amide bonds. The lowest BCUT2D eigenvalue weighted by atomic mass is 10.2. The van der Waals surface area contributed by atoms with Crippen LogP contribution < -0.4 is 0 Å². The zero-order valence-electron chi connectivity index (χ0n) is 11.8. The highest BCUT2D eigenvalue weighted by Gasteiger charge is 2.55. The second-order valence-electron chi connectivity index (χ2n) is 4.93. The molecule has 1 aliphatic heterocycles. The van der Waals surface area contributed by atoms with E-state index in [1.165, 1.54) is 0 Å². The third-order valence-corrected chi connectivity index (χ3v) is 3.55. The molecule has 1 aliphatic rings. The average molecular weight is 283 g/mol. The molecule has 0 aliphatic carbocycles. The highest BCUT2D eigenvalue weighted by Crippen LogP contribution is 2.43. The second kappa shape index (κ2) is 6.01. The molecular formula is C16H17N3O2. The van der Waals surface area contributed by atoms with Crippen LogP contribution in [0.1, 0.15) is 24.2 Å². The van der Waals surface area contributed by atoms with Crippen molar-refractivity contribution < 1.29 is 9.53 Å². The molecule has 3 rings (SSSR count). The molecule has 1 aromatic heterocycles. The SMILES string of the molecule is CCOC(=O)C1C(c2cnccn2)N1Cc1ccccc1. The van der Waals surface area contributed by atoms with Crippen molar-refractivity contribution in [3.05, 3.63) is 60.2 Å². The van der Waals surface area contributed by atoms with Crippen molar-refractivity contribution in [2.75, 3.05) is 6.61 Å². The normalized spacial score (nSPS) is 23.6. The Kier molecular flexibility index (Phi) is 3.92. The number of benzene rings is 1. The molecule has 1 saturated heterocycles. The molecule has 108 valence electrons. The smallest absolute Gasteiger partial charge is 0.325 e. The summed E-state index contributed by atoms with van der Waals surface area (Å²) < 4.78 is 5.16. The molecule has 0 radical (unpaired) electrons. The Morgan fingerprint density at radius 2 is 2.10 bits per heavy atom. The lowest BCUT2D eigenvalue weighted by Crippen LogP contribution is -2.16. The Morgan fingerprint density at radius 3 is 2.76 bits per heavy atom. The largest absolute Gasteiger partial charge is 0.465 e. The number of rotatable bonds is 5. The summed E-state index contributed by atoms with van der Waals surface area (Å²) in [5.74, 6) is -0.191. The molecule has 3 atom stereocenters. The quantitative estimate of drug-likeness (QED) is 0.620. The molecule has 0 spiro atoms. The van der Waals surface area contributed by atoms with Crippen LogP contribution in [0.15, 0.2) is 48.9 Å². The van der Waals surface area contributed by atoms with Crippen molar-refractivity contribution >= 4 is 5.97 Å². The van der Waals surface area contributed by atoms with Crippen molar-refractivity contribution in [2.24, 2.45) is 0 Å². The number of nitrogens with zero attached hydrogens (tertiary/aromatic N) is 3. The third kappa shape index (κ3) is 2.92. The second-order valence-corrected chi connectivity index (χ2v) is 4.93. The van der Waals surface area contributed by atoms with E-state index in [0.29, 0.717) is 13.2 Å². The maximum absolute atomic E-state index is 12.1. The molecule has 21 heavy (non-hydrogen) atoms. The molecule has 2 aromatic rings. The highest BCUT2D eigenvalue weighted by atomic mass is 16.5. The summed E-state index contributed by atoms with van der Waals surface area (Å²) in [5.41, 5.74) is 1.98. The summed E-state index contributed by atoms with van der Waals surface area (Å²) in [7, 11) is 0. The summed E-state index contributed by atoms with van der Waals surface area (Å²) in [6.45, 7) is 2.91. The minimum atomic E-state index is -0.262. The standard InChI is InChI=1S/C16H17N3O2/c1-2-21-16(20)15-14(13-10-17-8-9-18-13)19(15)11-12-6-4-3-5-7-12/h3-10,14-15H,2,11H2,1H3. The predicted molar refractivity (Wildman–Crippen MR) is 77.2 cm³/mol. The van der Waals surface area contributed by atoms with E-state index in [-0.39, 0.29) is 18.1 Å². The van der Waals surface area contributed by atoms with E-state index in [1.807, 2.05) is 37.3 Å². The van der Waals surface area contributed by atoms with E-state index in [0.717, 1.165) is 11.3 Å². The van der Waals surface area contributed by atoms with E-state index in [4.69, 9.17) is 4.74 Å². The van der Waals surface area contributed by atoms with Gasteiger partial charge in [-0.25, -0.2) is 0 Å². The fourth-order valence-corrected chi connectivity index (χ4v) is 2.55. The van der Waals surface area contributed by atoms with Crippen LogP contribution >= 0.6 is 0 Å². The zero-order valence-corrected chi connectivity index (χ0v) is 11.8. The van der Waals surface area contributed by atoms with E-state index in [1.54, 1.807) is 18.6 Å². The lowest BCUT2D eigenvalue weighted by molar-refractivity contribution is -0.143. The molecule has 0 N–H and O–H groups in total. The Morgan fingerprint density at radius 1 is 1.29 bits per heavy atom. The monoisotopic (exact) mass is 283 g/mol.